The zero-order valence-corrected chi connectivity index (χ0v) is 17.6. The molecule has 10 heteroatoms. The maximum absolute atomic E-state index is 12.8. The zero-order chi connectivity index (χ0) is 20.5. The summed E-state index contributed by atoms with van der Waals surface area (Å²) < 4.78 is 28.4. The molecular weight excluding hydrogens is 420 g/mol. The Labute approximate surface area is 172 Å². The van der Waals surface area contributed by atoms with Crippen LogP contribution in [-0.4, -0.2) is 54.4 Å². The average Bonchev–Trinajstić information content (AvgIpc) is 3.12. The van der Waals surface area contributed by atoms with Crippen LogP contribution in [0.4, 0.5) is 0 Å². The Morgan fingerprint density at radius 3 is 2.86 bits per heavy atom. The van der Waals surface area contributed by atoms with Crippen molar-refractivity contribution >= 4 is 56.0 Å². The number of carbonyl (C=O) groups excluding carboxylic acids is 2. The number of methoxy groups -OCH3 is 1. The van der Waals surface area contributed by atoms with Crippen molar-refractivity contribution in [1.82, 2.24) is 10.2 Å². The second-order valence-electron chi connectivity index (χ2n) is 6.28. The highest BCUT2D eigenvalue weighted by molar-refractivity contribution is 8.26. The van der Waals surface area contributed by atoms with Crippen molar-refractivity contribution in [3.8, 4) is 5.75 Å². The first-order chi connectivity index (χ1) is 13.2. The Morgan fingerprint density at radius 1 is 1.46 bits per heavy atom. The van der Waals surface area contributed by atoms with Gasteiger partial charge in [-0.15, -0.1) is 0 Å². The third-order valence-corrected chi connectivity index (χ3v) is 6.97. The molecule has 0 bridgehead atoms. The molecule has 7 nitrogen and oxygen atoms in total. The van der Waals surface area contributed by atoms with E-state index in [-0.39, 0.29) is 16.0 Å². The molecule has 1 N–H and O–H groups in total. The standard InChI is InChI=1S/C18H18N2O5S3/c1-11(16(21)19-13-6-7-28(23,24)10-13)20-17(22)15(27-18(20)26)9-12-4-3-5-14(8-12)25-2/h3-9,11,13H,10H2,1-2H3,(H,19,21)/b15-9-/t11-,13+/m1/s1. The summed E-state index contributed by atoms with van der Waals surface area (Å²) in [5.41, 5.74) is 0.776. The van der Waals surface area contributed by atoms with Crippen molar-refractivity contribution < 1.29 is 22.7 Å². The van der Waals surface area contributed by atoms with Gasteiger partial charge in [-0.25, -0.2) is 8.42 Å². The van der Waals surface area contributed by atoms with Gasteiger partial charge in [-0.2, -0.15) is 0 Å². The van der Waals surface area contributed by atoms with Crippen molar-refractivity contribution in [2.24, 2.45) is 0 Å². The second kappa shape index (κ2) is 8.06. The molecule has 0 spiro atoms. The predicted molar refractivity (Wildman–Crippen MR) is 112 cm³/mol. The summed E-state index contributed by atoms with van der Waals surface area (Å²) in [6, 6.07) is 5.76. The maximum atomic E-state index is 12.8. The van der Waals surface area contributed by atoms with E-state index >= 15 is 0 Å². The van der Waals surface area contributed by atoms with E-state index in [1.807, 2.05) is 12.1 Å². The minimum Gasteiger partial charge on any atom is -0.497 e. The molecule has 2 atom stereocenters. The topological polar surface area (TPSA) is 92.8 Å². The summed E-state index contributed by atoms with van der Waals surface area (Å²) >= 11 is 6.40. The van der Waals surface area contributed by atoms with Crippen LogP contribution in [0.1, 0.15) is 12.5 Å². The van der Waals surface area contributed by atoms with Gasteiger partial charge >= 0.3 is 0 Å². The summed E-state index contributed by atoms with van der Waals surface area (Å²) in [5, 5.41) is 3.71. The first-order valence-electron chi connectivity index (χ1n) is 8.32. The molecule has 2 aliphatic rings. The lowest BCUT2D eigenvalue weighted by atomic mass is 10.2. The highest BCUT2D eigenvalue weighted by Crippen LogP contribution is 2.34. The maximum Gasteiger partial charge on any atom is 0.266 e. The highest BCUT2D eigenvalue weighted by Gasteiger charge is 2.39. The van der Waals surface area contributed by atoms with Gasteiger partial charge in [0.25, 0.3) is 5.91 Å². The number of rotatable bonds is 5. The fourth-order valence-electron chi connectivity index (χ4n) is 2.78. The van der Waals surface area contributed by atoms with Gasteiger partial charge in [0, 0.05) is 5.41 Å². The van der Waals surface area contributed by atoms with Gasteiger partial charge in [-0.3, -0.25) is 14.5 Å². The lowest BCUT2D eigenvalue weighted by Gasteiger charge is -2.23. The van der Waals surface area contributed by atoms with Gasteiger partial charge in [0.05, 0.1) is 23.8 Å². The summed E-state index contributed by atoms with van der Waals surface area (Å²) in [6.45, 7) is 1.56. The Kier molecular flexibility index (Phi) is 5.92. The van der Waals surface area contributed by atoms with Gasteiger partial charge in [0.2, 0.25) is 5.91 Å². The Balaban J connectivity index is 1.73. The molecule has 148 valence electrons. The number of ether oxygens (including phenoxy) is 1. The average molecular weight is 439 g/mol. The third kappa shape index (κ3) is 4.45. The van der Waals surface area contributed by atoms with Gasteiger partial charge < -0.3 is 10.1 Å². The molecule has 1 aromatic rings. The summed E-state index contributed by atoms with van der Waals surface area (Å²) in [4.78, 5) is 26.9. The molecule has 2 heterocycles. The van der Waals surface area contributed by atoms with Crippen LogP contribution in [0.2, 0.25) is 0 Å². The predicted octanol–water partition coefficient (Wildman–Crippen LogP) is 1.71. The molecule has 28 heavy (non-hydrogen) atoms. The van der Waals surface area contributed by atoms with Gasteiger partial charge in [0.15, 0.2) is 9.84 Å². The summed E-state index contributed by atoms with van der Waals surface area (Å²) in [7, 11) is -1.72. The SMILES string of the molecule is COc1cccc(/C=C2\SC(=S)N([C@H](C)C(=O)N[C@H]3C=CS(=O)(=O)C3)C2=O)c1. The number of benzene rings is 1. The number of thiocarbonyl (C=S) groups is 1. The van der Waals surface area contributed by atoms with Crippen LogP contribution in [0, 0.1) is 0 Å². The Hall–Kier alpha value is -2.17. The second-order valence-corrected chi connectivity index (χ2v) is 9.88. The van der Waals surface area contributed by atoms with Gasteiger partial charge in [-0.1, -0.05) is 36.1 Å². The Morgan fingerprint density at radius 2 is 2.21 bits per heavy atom. The molecule has 0 unspecified atom stereocenters. The molecule has 1 aromatic carbocycles. The lowest BCUT2D eigenvalue weighted by molar-refractivity contribution is -0.132. The molecule has 0 radical (unpaired) electrons. The molecule has 1 saturated heterocycles. The van der Waals surface area contributed by atoms with Gasteiger partial charge in [0.1, 0.15) is 16.1 Å². The zero-order valence-electron chi connectivity index (χ0n) is 15.1. The monoisotopic (exact) mass is 438 g/mol. The number of amides is 2. The number of hydrogen-bond donors (Lipinski definition) is 1. The van der Waals surface area contributed by atoms with E-state index < -0.39 is 27.8 Å². The first-order valence-corrected chi connectivity index (χ1v) is 11.3. The van der Waals surface area contributed by atoms with E-state index in [0.29, 0.717) is 10.7 Å². The largest absolute Gasteiger partial charge is 0.497 e. The van der Waals surface area contributed by atoms with Crippen molar-refractivity contribution in [3.63, 3.8) is 0 Å². The van der Waals surface area contributed by atoms with Crippen molar-refractivity contribution in [3.05, 3.63) is 46.2 Å². The van der Waals surface area contributed by atoms with Crippen molar-refractivity contribution in [2.75, 3.05) is 12.9 Å². The summed E-state index contributed by atoms with van der Waals surface area (Å²) in [6.07, 6.45) is 3.12. The van der Waals surface area contributed by atoms with Crippen LogP contribution in [0.5, 0.6) is 5.75 Å². The number of nitrogens with zero attached hydrogens (tertiary/aromatic N) is 1. The molecule has 0 aromatic heterocycles. The fraction of sp³-hybridized carbons (Fsp3) is 0.278. The minimum atomic E-state index is -3.28. The van der Waals surface area contributed by atoms with E-state index in [9.17, 15) is 18.0 Å². The highest BCUT2D eigenvalue weighted by atomic mass is 32.2. The van der Waals surface area contributed by atoms with Crippen LogP contribution in [0.15, 0.2) is 40.7 Å². The number of nitrogens with one attached hydrogen (secondary N) is 1. The summed E-state index contributed by atoms with van der Waals surface area (Å²) in [5.74, 6) is -0.350. The van der Waals surface area contributed by atoms with Crippen LogP contribution < -0.4 is 10.1 Å². The number of carbonyl (C=O) groups is 2. The smallest absolute Gasteiger partial charge is 0.266 e. The molecule has 0 saturated carbocycles. The van der Waals surface area contributed by atoms with Gasteiger partial charge in [-0.05, 0) is 36.8 Å². The third-order valence-electron chi connectivity index (χ3n) is 4.24. The van der Waals surface area contributed by atoms with Crippen LogP contribution >= 0.6 is 24.0 Å². The normalized spacial score (nSPS) is 23.3. The van der Waals surface area contributed by atoms with E-state index in [4.69, 9.17) is 17.0 Å². The molecule has 2 amide bonds. The van der Waals surface area contributed by atoms with E-state index in [0.717, 1.165) is 22.7 Å². The first kappa shape index (κ1) is 20.6. The molecule has 0 aliphatic carbocycles. The number of hydrogen-bond acceptors (Lipinski definition) is 7. The minimum absolute atomic E-state index is 0.181. The molecular formula is C18H18N2O5S3. The lowest BCUT2D eigenvalue weighted by Crippen LogP contribution is -2.49. The number of sulfone groups is 1. The van der Waals surface area contributed by atoms with Crippen molar-refractivity contribution in [2.45, 2.75) is 19.0 Å². The van der Waals surface area contributed by atoms with E-state index in [1.54, 1.807) is 32.2 Å². The molecule has 3 rings (SSSR count). The van der Waals surface area contributed by atoms with Crippen LogP contribution in [-0.2, 0) is 19.4 Å². The van der Waals surface area contributed by atoms with Crippen molar-refractivity contribution in [1.29, 1.82) is 0 Å². The Bertz CT molecular complexity index is 1000. The molecule has 2 aliphatic heterocycles. The fourth-order valence-corrected chi connectivity index (χ4v) is 5.44. The van der Waals surface area contributed by atoms with E-state index in [2.05, 4.69) is 5.32 Å². The molecule has 1 fully saturated rings. The number of thioether (sulfide) groups is 1. The van der Waals surface area contributed by atoms with Crippen LogP contribution in [0.25, 0.3) is 6.08 Å². The van der Waals surface area contributed by atoms with E-state index in [1.165, 1.54) is 11.0 Å². The quantitative estimate of drug-likeness (QED) is 0.553. The van der Waals surface area contributed by atoms with Crippen LogP contribution in [0.3, 0.4) is 0 Å².